The fourth-order valence-electron chi connectivity index (χ4n) is 1.47. The van der Waals surface area contributed by atoms with E-state index in [1.165, 1.54) is 0 Å². The first kappa shape index (κ1) is 14.8. The van der Waals surface area contributed by atoms with Gasteiger partial charge in [0.15, 0.2) is 0 Å². The van der Waals surface area contributed by atoms with Gasteiger partial charge in [-0.1, -0.05) is 34.5 Å². The lowest BCUT2D eigenvalue weighted by Gasteiger charge is -2.06. The lowest BCUT2D eigenvalue weighted by atomic mass is 10.3. The maximum Gasteiger partial charge on any atom is 0.139 e. The number of ether oxygens (including phenoxy) is 1. The summed E-state index contributed by atoms with van der Waals surface area (Å²) in [6.45, 7) is 4.25. The fraction of sp³-hybridized carbons (Fsp3) is 0.308. The maximum absolute atomic E-state index is 6.06. The molecular formula is C13H14BrClN2OS. The molecule has 0 spiro atoms. The van der Waals surface area contributed by atoms with Crippen molar-refractivity contribution in [2.75, 3.05) is 6.54 Å². The van der Waals surface area contributed by atoms with Gasteiger partial charge in [0.2, 0.25) is 0 Å². The first-order chi connectivity index (χ1) is 9.19. The first-order valence-electron chi connectivity index (χ1n) is 5.91. The summed E-state index contributed by atoms with van der Waals surface area (Å²) in [4.78, 5) is 4.49. The van der Waals surface area contributed by atoms with Gasteiger partial charge in [-0.25, -0.2) is 4.98 Å². The van der Waals surface area contributed by atoms with Crippen LogP contribution in [-0.2, 0) is 13.2 Å². The zero-order valence-corrected chi connectivity index (χ0v) is 13.6. The summed E-state index contributed by atoms with van der Waals surface area (Å²) in [5.74, 6) is 0.664. The lowest BCUT2D eigenvalue weighted by molar-refractivity contribution is 0.302. The molecule has 0 radical (unpaired) electrons. The van der Waals surface area contributed by atoms with E-state index in [4.69, 9.17) is 16.3 Å². The van der Waals surface area contributed by atoms with E-state index in [9.17, 15) is 0 Å². The van der Waals surface area contributed by atoms with E-state index in [1.54, 1.807) is 17.4 Å². The lowest BCUT2D eigenvalue weighted by Crippen LogP contribution is -2.11. The van der Waals surface area contributed by atoms with Crippen molar-refractivity contribution >= 4 is 38.9 Å². The third-order valence-corrected chi connectivity index (χ3v) is 4.10. The Morgan fingerprint density at radius 2 is 2.32 bits per heavy atom. The summed E-state index contributed by atoms with van der Waals surface area (Å²) in [6.07, 6.45) is 0. The highest BCUT2D eigenvalue weighted by molar-refractivity contribution is 9.10. The van der Waals surface area contributed by atoms with Crippen LogP contribution in [0.1, 0.15) is 17.6 Å². The fourth-order valence-corrected chi connectivity index (χ4v) is 2.73. The van der Waals surface area contributed by atoms with E-state index in [-0.39, 0.29) is 0 Å². The maximum atomic E-state index is 6.06. The van der Waals surface area contributed by atoms with Gasteiger partial charge in [0.05, 0.1) is 10.7 Å². The molecule has 1 N–H and O–H groups in total. The molecule has 0 amide bonds. The van der Waals surface area contributed by atoms with Gasteiger partial charge in [0.1, 0.15) is 17.4 Å². The SMILES string of the molecule is CCNCc1nc(COc2cc(Br)ccc2Cl)cs1. The summed E-state index contributed by atoms with van der Waals surface area (Å²) in [5.41, 5.74) is 0.925. The van der Waals surface area contributed by atoms with Crippen LogP contribution >= 0.6 is 38.9 Å². The summed E-state index contributed by atoms with van der Waals surface area (Å²) in [6, 6.07) is 5.54. The van der Waals surface area contributed by atoms with Gasteiger partial charge >= 0.3 is 0 Å². The van der Waals surface area contributed by atoms with Gasteiger partial charge in [-0.05, 0) is 24.7 Å². The first-order valence-corrected chi connectivity index (χ1v) is 7.96. The highest BCUT2D eigenvalue weighted by Gasteiger charge is 2.05. The number of nitrogens with one attached hydrogen (secondary N) is 1. The van der Waals surface area contributed by atoms with Crippen molar-refractivity contribution in [2.45, 2.75) is 20.1 Å². The number of aromatic nitrogens is 1. The van der Waals surface area contributed by atoms with Crippen LogP contribution in [0, 0.1) is 0 Å². The standard InChI is InChI=1S/C13H14BrClN2OS/c1-2-16-6-13-17-10(8-19-13)7-18-12-5-9(14)3-4-11(12)15/h3-5,8,16H,2,6-7H2,1H3. The largest absolute Gasteiger partial charge is 0.486 e. The molecule has 0 aliphatic rings. The smallest absolute Gasteiger partial charge is 0.139 e. The van der Waals surface area contributed by atoms with Crippen molar-refractivity contribution in [3.63, 3.8) is 0 Å². The monoisotopic (exact) mass is 360 g/mol. The van der Waals surface area contributed by atoms with Crippen molar-refractivity contribution in [3.8, 4) is 5.75 Å². The van der Waals surface area contributed by atoms with Gasteiger partial charge in [-0.3, -0.25) is 0 Å². The van der Waals surface area contributed by atoms with Crippen LogP contribution in [0.3, 0.4) is 0 Å². The molecule has 0 saturated carbocycles. The summed E-state index contributed by atoms with van der Waals surface area (Å²) >= 11 is 11.1. The minimum absolute atomic E-state index is 0.429. The highest BCUT2D eigenvalue weighted by atomic mass is 79.9. The Balaban J connectivity index is 1.94. The molecule has 0 bridgehead atoms. The third kappa shape index (κ3) is 4.45. The van der Waals surface area contributed by atoms with Gasteiger partial charge < -0.3 is 10.1 Å². The highest BCUT2D eigenvalue weighted by Crippen LogP contribution is 2.28. The molecule has 1 aromatic carbocycles. The molecule has 0 unspecified atom stereocenters. The van der Waals surface area contributed by atoms with Crippen LogP contribution in [0.2, 0.25) is 5.02 Å². The molecule has 1 aromatic heterocycles. The number of thiazole rings is 1. The molecule has 1 heterocycles. The molecule has 0 aliphatic heterocycles. The van der Waals surface area contributed by atoms with E-state index < -0.39 is 0 Å². The predicted octanol–water partition coefficient (Wildman–Crippen LogP) is 4.25. The molecule has 6 heteroatoms. The predicted molar refractivity (Wildman–Crippen MR) is 83.0 cm³/mol. The second-order valence-corrected chi connectivity index (χ2v) is 6.14. The Morgan fingerprint density at radius 1 is 1.47 bits per heavy atom. The molecule has 0 fully saturated rings. The molecule has 2 rings (SSSR count). The van der Waals surface area contributed by atoms with Crippen molar-refractivity contribution < 1.29 is 4.74 Å². The van der Waals surface area contributed by atoms with E-state index in [1.807, 2.05) is 17.5 Å². The molecule has 0 aliphatic carbocycles. The average molecular weight is 362 g/mol. The Bertz CT molecular complexity index is 547. The molecule has 3 nitrogen and oxygen atoms in total. The van der Waals surface area contributed by atoms with Crippen molar-refractivity contribution in [1.29, 1.82) is 0 Å². The molecule has 19 heavy (non-hydrogen) atoms. The number of hydrogen-bond acceptors (Lipinski definition) is 4. The summed E-state index contributed by atoms with van der Waals surface area (Å²) in [5, 5.41) is 6.93. The van der Waals surface area contributed by atoms with E-state index >= 15 is 0 Å². The number of halogens is 2. The summed E-state index contributed by atoms with van der Waals surface area (Å²) < 4.78 is 6.63. The Kier molecular flexibility index (Phi) is 5.63. The summed E-state index contributed by atoms with van der Waals surface area (Å²) in [7, 11) is 0. The number of nitrogens with zero attached hydrogens (tertiary/aromatic N) is 1. The minimum atomic E-state index is 0.429. The van der Waals surface area contributed by atoms with Crippen LogP contribution in [0.5, 0.6) is 5.75 Å². The van der Waals surface area contributed by atoms with Crippen molar-refractivity contribution in [1.82, 2.24) is 10.3 Å². The minimum Gasteiger partial charge on any atom is -0.486 e. The molecule has 2 aromatic rings. The number of rotatable bonds is 6. The second kappa shape index (κ2) is 7.24. The van der Waals surface area contributed by atoms with Crippen LogP contribution in [0.25, 0.3) is 0 Å². The van der Waals surface area contributed by atoms with Crippen molar-refractivity contribution in [3.05, 3.63) is 43.8 Å². The van der Waals surface area contributed by atoms with Crippen molar-refractivity contribution in [2.24, 2.45) is 0 Å². The van der Waals surface area contributed by atoms with E-state index in [2.05, 4.69) is 33.2 Å². The van der Waals surface area contributed by atoms with E-state index in [0.717, 1.165) is 28.3 Å². The second-order valence-electron chi connectivity index (χ2n) is 3.88. The normalized spacial score (nSPS) is 10.7. The quantitative estimate of drug-likeness (QED) is 0.835. The van der Waals surface area contributed by atoms with E-state index in [0.29, 0.717) is 17.4 Å². The van der Waals surface area contributed by atoms with Crippen LogP contribution in [0.15, 0.2) is 28.1 Å². The average Bonchev–Trinajstić information content (AvgIpc) is 2.85. The zero-order chi connectivity index (χ0) is 13.7. The van der Waals surface area contributed by atoms with Crippen LogP contribution < -0.4 is 10.1 Å². The molecule has 0 atom stereocenters. The molecule has 102 valence electrons. The Morgan fingerprint density at radius 3 is 3.11 bits per heavy atom. The molecule has 0 saturated heterocycles. The van der Waals surface area contributed by atoms with Gasteiger partial charge in [0.25, 0.3) is 0 Å². The van der Waals surface area contributed by atoms with Gasteiger partial charge in [0, 0.05) is 16.4 Å². The number of benzene rings is 1. The van der Waals surface area contributed by atoms with Gasteiger partial charge in [-0.15, -0.1) is 11.3 Å². The zero-order valence-electron chi connectivity index (χ0n) is 10.5. The third-order valence-electron chi connectivity index (χ3n) is 2.39. The van der Waals surface area contributed by atoms with Crippen LogP contribution in [-0.4, -0.2) is 11.5 Å². The molecular weight excluding hydrogens is 348 g/mol. The Hall–Kier alpha value is -0.620. The van der Waals surface area contributed by atoms with Crippen LogP contribution in [0.4, 0.5) is 0 Å². The van der Waals surface area contributed by atoms with Gasteiger partial charge in [-0.2, -0.15) is 0 Å². The Labute approximate surface area is 130 Å². The number of hydrogen-bond donors (Lipinski definition) is 1. The topological polar surface area (TPSA) is 34.2 Å².